The largest absolute Gasteiger partial charge is 0.347 e. The molecule has 0 bridgehead atoms. The molecule has 2 aliphatic rings. The quantitative estimate of drug-likeness (QED) is 0.738. The average molecular weight is 234 g/mol. The second kappa shape index (κ2) is 5.19. The lowest BCUT2D eigenvalue weighted by molar-refractivity contribution is 0.319. The predicted molar refractivity (Wildman–Crippen MR) is 67.6 cm³/mol. The lowest BCUT2D eigenvalue weighted by atomic mass is 9.93. The normalized spacial score (nSPS) is 33.3. The van der Waals surface area contributed by atoms with Gasteiger partial charge in [-0.3, -0.25) is 0 Å². The smallest absolute Gasteiger partial charge is 0.0922 e. The van der Waals surface area contributed by atoms with Gasteiger partial charge in [0.05, 0.1) is 6.33 Å². The number of imidazole rings is 1. The third-order valence-corrected chi connectivity index (χ3v) is 4.29. The predicted octanol–water partition coefficient (Wildman–Crippen LogP) is 1.42. The number of hydrogen-bond donors (Lipinski definition) is 3. The van der Waals surface area contributed by atoms with Crippen LogP contribution in [0.15, 0.2) is 12.5 Å². The van der Waals surface area contributed by atoms with Crippen molar-refractivity contribution in [1.82, 2.24) is 20.6 Å². The highest BCUT2D eigenvalue weighted by atomic mass is 15.0. The van der Waals surface area contributed by atoms with E-state index in [0.29, 0.717) is 6.04 Å². The van der Waals surface area contributed by atoms with Crippen molar-refractivity contribution < 1.29 is 0 Å². The maximum atomic E-state index is 4.06. The Morgan fingerprint density at radius 2 is 2.29 bits per heavy atom. The van der Waals surface area contributed by atoms with E-state index in [2.05, 4.69) is 20.6 Å². The summed E-state index contributed by atoms with van der Waals surface area (Å²) in [5.74, 6) is 0.834. The van der Waals surface area contributed by atoms with Crippen LogP contribution in [0, 0.1) is 5.92 Å². The van der Waals surface area contributed by atoms with E-state index in [0.717, 1.165) is 18.5 Å². The van der Waals surface area contributed by atoms with Crippen molar-refractivity contribution >= 4 is 0 Å². The second-order valence-electron chi connectivity index (χ2n) is 5.36. The van der Waals surface area contributed by atoms with Crippen LogP contribution in [0.5, 0.6) is 0 Å². The summed E-state index contributed by atoms with van der Waals surface area (Å²) in [6, 6.07) is 1.45. The van der Waals surface area contributed by atoms with E-state index < -0.39 is 0 Å². The van der Waals surface area contributed by atoms with Gasteiger partial charge in [0.1, 0.15) is 0 Å². The fraction of sp³-hybridized carbons (Fsp3) is 0.769. The number of hydrogen-bond acceptors (Lipinski definition) is 3. The van der Waals surface area contributed by atoms with Crippen LogP contribution in [0.3, 0.4) is 0 Å². The number of H-pyrrole nitrogens is 1. The highest BCUT2D eigenvalue weighted by Gasteiger charge is 2.34. The molecule has 1 aromatic heterocycles. The molecule has 0 radical (unpaired) electrons. The van der Waals surface area contributed by atoms with Gasteiger partial charge in [0, 0.05) is 30.5 Å². The molecule has 3 atom stereocenters. The lowest BCUT2D eigenvalue weighted by Crippen LogP contribution is -2.41. The van der Waals surface area contributed by atoms with E-state index in [1.54, 1.807) is 6.33 Å². The Kier molecular flexibility index (Phi) is 3.43. The van der Waals surface area contributed by atoms with Crippen LogP contribution < -0.4 is 10.6 Å². The van der Waals surface area contributed by atoms with E-state index in [-0.39, 0.29) is 0 Å². The molecule has 2 fully saturated rings. The fourth-order valence-electron chi connectivity index (χ4n) is 3.42. The molecule has 0 spiro atoms. The fourth-order valence-corrected chi connectivity index (χ4v) is 3.42. The molecule has 1 aliphatic carbocycles. The summed E-state index contributed by atoms with van der Waals surface area (Å²) < 4.78 is 0. The zero-order valence-electron chi connectivity index (χ0n) is 10.3. The monoisotopic (exact) mass is 234 g/mol. The van der Waals surface area contributed by atoms with Gasteiger partial charge in [-0.05, 0) is 38.1 Å². The van der Waals surface area contributed by atoms with Crippen LogP contribution >= 0.6 is 0 Å². The van der Waals surface area contributed by atoms with E-state index >= 15 is 0 Å². The lowest BCUT2D eigenvalue weighted by Gasteiger charge is -2.26. The summed E-state index contributed by atoms with van der Waals surface area (Å²) in [6.45, 7) is 2.14. The van der Waals surface area contributed by atoms with Crippen molar-refractivity contribution in [2.24, 2.45) is 5.92 Å². The van der Waals surface area contributed by atoms with Gasteiger partial charge in [0.15, 0.2) is 0 Å². The van der Waals surface area contributed by atoms with Gasteiger partial charge in [-0.2, -0.15) is 0 Å². The Balaban J connectivity index is 1.54. The van der Waals surface area contributed by atoms with Gasteiger partial charge in [-0.15, -0.1) is 0 Å². The highest BCUT2D eigenvalue weighted by molar-refractivity contribution is 4.97. The van der Waals surface area contributed by atoms with Crippen LogP contribution in [0.1, 0.15) is 37.8 Å². The minimum Gasteiger partial charge on any atom is -0.347 e. The molecule has 0 amide bonds. The Labute approximate surface area is 103 Å². The molecule has 4 nitrogen and oxygen atoms in total. The summed E-state index contributed by atoms with van der Waals surface area (Å²) in [5, 5.41) is 7.36. The first kappa shape index (κ1) is 11.2. The molecular formula is C13H22N4. The molecule has 3 unspecified atom stereocenters. The van der Waals surface area contributed by atoms with Gasteiger partial charge in [0.2, 0.25) is 0 Å². The Morgan fingerprint density at radius 1 is 1.29 bits per heavy atom. The first-order valence-corrected chi connectivity index (χ1v) is 6.87. The van der Waals surface area contributed by atoms with Gasteiger partial charge in [-0.25, -0.2) is 4.98 Å². The van der Waals surface area contributed by atoms with Gasteiger partial charge >= 0.3 is 0 Å². The third kappa shape index (κ3) is 2.53. The van der Waals surface area contributed by atoms with Gasteiger partial charge in [0.25, 0.3) is 0 Å². The Morgan fingerprint density at radius 3 is 3.06 bits per heavy atom. The van der Waals surface area contributed by atoms with E-state index in [1.165, 1.54) is 44.3 Å². The van der Waals surface area contributed by atoms with Crippen molar-refractivity contribution in [3.05, 3.63) is 18.2 Å². The van der Waals surface area contributed by atoms with Crippen LogP contribution in [0.4, 0.5) is 0 Å². The summed E-state index contributed by atoms with van der Waals surface area (Å²) in [4.78, 5) is 7.21. The molecule has 1 aromatic rings. The highest BCUT2D eigenvalue weighted by Crippen LogP contribution is 2.31. The molecule has 4 heteroatoms. The number of rotatable bonds is 4. The Bertz CT molecular complexity index is 329. The number of aromatic amines is 1. The van der Waals surface area contributed by atoms with Gasteiger partial charge in [-0.1, -0.05) is 6.42 Å². The number of nitrogens with zero attached hydrogens (tertiary/aromatic N) is 1. The Hall–Kier alpha value is -0.870. The van der Waals surface area contributed by atoms with Crippen molar-refractivity contribution in [3.63, 3.8) is 0 Å². The van der Waals surface area contributed by atoms with Crippen LogP contribution in [-0.4, -0.2) is 28.6 Å². The second-order valence-corrected chi connectivity index (χ2v) is 5.36. The minimum atomic E-state index is 0.689. The number of aromatic nitrogens is 2. The third-order valence-electron chi connectivity index (χ3n) is 4.29. The topological polar surface area (TPSA) is 52.7 Å². The van der Waals surface area contributed by atoms with Crippen LogP contribution in [0.2, 0.25) is 0 Å². The molecule has 1 saturated heterocycles. The van der Waals surface area contributed by atoms with Crippen LogP contribution in [0.25, 0.3) is 0 Å². The van der Waals surface area contributed by atoms with Crippen molar-refractivity contribution in [3.8, 4) is 0 Å². The van der Waals surface area contributed by atoms with Crippen LogP contribution in [-0.2, 0) is 6.54 Å². The van der Waals surface area contributed by atoms with Crippen molar-refractivity contribution in [2.75, 3.05) is 6.54 Å². The van der Waals surface area contributed by atoms with E-state index in [4.69, 9.17) is 0 Å². The molecule has 3 N–H and O–H groups in total. The molecule has 94 valence electrons. The minimum absolute atomic E-state index is 0.689. The summed E-state index contributed by atoms with van der Waals surface area (Å²) >= 11 is 0. The summed E-state index contributed by atoms with van der Waals surface area (Å²) in [7, 11) is 0. The maximum absolute atomic E-state index is 4.06. The molecule has 3 rings (SSSR count). The molecular weight excluding hydrogens is 212 g/mol. The van der Waals surface area contributed by atoms with Crippen molar-refractivity contribution in [1.29, 1.82) is 0 Å². The zero-order chi connectivity index (χ0) is 11.5. The molecule has 17 heavy (non-hydrogen) atoms. The van der Waals surface area contributed by atoms with E-state index in [1.807, 2.05) is 6.20 Å². The number of nitrogens with one attached hydrogen (secondary N) is 3. The average Bonchev–Trinajstić information content (AvgIpc) is 3.09. The first-order valence-electron chi connectivity index (χ1n) is 6.87. The molecule has 1 saturated carbocycles. The maximum Gasteiger partial charge on any atom is 0.0922 e. The molecule has 0 aromatic carbocycles. The van der Waals surface area contributed by atoms with Gasteiger partial charge < -0.3 is 15.6 Å². The zero-order valence-corrected chi connectivity index (χ0v) is 10.3. The standard InChI is InChI=1S/C13H22N4/c1-3-11(12-5-2-6-15-12)13(4-1)16-8-10-7-14-9-17-10/h7,9,11-13,15-16H,1-6,8H2,(H,14,17). The summed E-state index contributed by atoms with van der Waals surface area (Å²) in [5.41, 5.74) is 1.19. The molecule has 1 aliphatic heterocycles. The first-order chi connectivity index (χ1) is 8.43. The molecule has 2 heterocycles. The van der Waals surface area contributed by atoms with E-state index in [9.17, 15) is 0 Å². The van der Waals surface area contributed by atoms with Crippen molar-refractivity contribution in [2.45, 2.75) is 50.7 Å². The summed E-state index contributed by atoms with van der Waals surface area (Å²) in [6.07, 6.45) is 10.5. The SMILES string of the molecule is c1ncc(CNC2CCCC2C2CCCN2)[nH]1.